The van der Waals surface area contributed by atoms with E-state index in [1.54, 1.807) is 0 Å². The molecule has 1 aliphatic rings. The maximum absolute atomic E-state index is 4.94. The molecular weight excluding hydrogens is 118 g/mol. The van der Waals surface area contributed by atoms with Crippen LogP contribution in [0.1, 0.15) is 6.92 Å². The first-order valence-corrected chi connectivity index (χ1v) is 2.94. The van der Waals surface area contributed by atoms with Crippen LogP contribution in [0.15, 0.2) is 12.3 Å². The number of hydroxylamine groups is 1. The van der Waals surface area contributed by atoms with Gasteiger partial charge in [0.2, 0.25) is 0 Å². The van der Waals surface area contributed by atoms with Gasteiger partial charge in [0.1, 0.15) is 12.7 Å². The maximum atomic E-state index is 4.94. The summed E-state index contributed by atoms with van der Waals surface area (Å²) in [5, 5.41) is 0. The molecule has 1 aliphatic heterocycles. The monoisotopic (exact) mass is 129 g/mol. The van der Waals surface area contributed by atoms with Gasteiger partial charge in [0, 0.05) is 5.70 Å². The maximum Gasteiger partial charge on any atom is 0.107 e. The predicted molar refractivity (Wildman–Crippen MR) is 33.6 cm³/mol. The summed E-state index contributed by atoms with van der Waals surface area (Å²) in [5.41, 5.74) is 3.46. The molecule has 3 nitrogen and oxygen atoms in total. The summed E-state index contributed by atoms with van der Waals surface area (Å²) in [5.74, 6) is 0. The largest absolute Gasteiger partial charge is 0.371 e. The number of rotatable bonds is 4. The molecule has 0 aliphatic carbocycles. The molecule has 52 valence electrons. The molecule has 1 unspecified atom stereocenters. The molecule has 0 aromatic carbocycles. The highest BCUT2D eigenvalue weighted by atomic mass is 16.7. The van der Waals surface area contributed by atoms with E-state index in [4.69, 9.17) is 9.57 Å². The SMILES string of the molecule is C=C(C)NOCC1CO1. The molecule has 9 heavy (non-hydrogen) atoms. The minimum Gasteiger partial charge on any atom is -0.371 e. The minimum atomic E-state index is 0.317. The molecule has 1 atom stereocenters. The summed E-state index contributed by atoms with van der Waals surface area (Å²) in [4.78, 5) is 4.94. The van der Waals surface area contributed by atoms with Gasteiger partial charge in [-0.3, -0.25) is 10.3 Å². The Balaban J connectivity index is 1.86. The van der Waals surface area contributed by atoms with Crippen molar-refractivity contribution in [3.63, 3.8) is 0 Å². The Morgan fingerprint density at radius 2 is 2.67 bits per heavy atom. The lowest BCUT2D eigenvalue weighted by Crippen LogP contribution is -2.14. The molecule has 0 aromatic rings. The van der Waals surface area contributed by atoms with Crippen molar-refractivity contribution in [1.29, 1.82) is 0 Å². The fraction of sp³-hybridized carbons (Fsp3) is 0.667. The third-order valence-corrected chi connectivity index (χ3v) is 0.918. The van der Waals surface area contributed by atoms with Crippen molar-refractivity contribution in [2.75, 3.05) is 13.2 Å². The third kappa shape index (κ3) is 3.11. The molecule has 1 N–H and O–H groups in total. The van der Waals surface area contributed by atoms with Crippen molar-refractivity contribution >= 4 is 0 Å². The van der Waals surface area contributed by atoms with Crippen LogP contribution in [0, 0.1) is 0 Å². The van der Waals surface area contributed by atoms with Crippen molar-refractivity contribution in [3.8, 4) is 0 Å². The Hall–Kier alpha value is -0.540. The standard InChI is InChI=1S/C6H11NO2/c1-5(2)7-9-4-6-3-8-6/h6-7H,1,3-4H2,2H3. The molecule has 3 heteroatoms. The van der Waals surface area contributed by atoms with Gasteiger partial charge in [-0.1, -0.05) is 6.58 Å². The average Bonchev–Trinajstić information content (AvgIpc) is 2.48. The van der Waals surface area contributed by atoms with E-state index >= 15 is 0 Å². The van der Waals surface area contributed by atoms with Gasteiger partial charge in [-0.05, 0) is 6.92 Å². The molecule has 0 bridgehead atoms. The van der Waals surface area contributed by atoms with Gasteiger partial charge >= 0.3 is 0 Å². The number of hydrogen-bond acceptors (Lipinski definition) is 3. The van der Waals surface area contributed by atoms with Crippen LogP contribution < -0.4 is 5.48 Å². The fourth-order valence-corrected chi connectivity index (χ4v) is 0.422. The Bertz CT molecular complexity index is 110. The molecule has 0 saturated carbocycles. The van der Waals surface area contributed by atoms with Crippen LogP contribution in [0.5, 0.6) is 0 Å². The van der Waals surface area contributed by atoms with Crippen LogP contribution in [0.3, 0.4) is 0 Å². The van der Waals surface area contributed by atoms with E-state index in [0.717, 1.165) is 12.3 Å². The lowest BCUT2D eigenvalue weighted by Gasteiger charge is -2.02. The molecule has 0 radical (unpaired) electrons. The number of epoxide rings is 1. The van der Waals surface area contributed by atoms with E-state index in [-0.39, 0.29) is 0 Å². The van der Waals surface area contributed by atoms with Crippen molar-refractivity contribution in [1.82, 2.24) is 5.48 Å². The van der Waals surface area contributed by atoms with Gasteiger partial charge in [0.05, 0.1) is 6.61 Å². The van der Waals surface area contributed by atoms with Gasteiger partial charge in [-0.25, -0.2) is 0 Å². The quantitative estimate of drug-likeness (QED) is 0.441. The first kappa shape index (κ1) is 6.58. The number of allylic oxidation sites excluding steroid dienone is 1. The van der Waals surface area contributed by atoms with Gasteiger partial charge in [-0.15, -0.1) is 0 Å². The first-order valence-electron chi connectivity index (χ1n) is 2.94. The smallest absolute Gasteiger partial charge is 0.107 e. The van der Waals surface area contributed by atoms with Crippen LogP contribution in [0.2, 0.25) is 0 Å². The Kier molecular flexibility index (Phi) is 2.08. The van der Waals surface area contributed by atoms with Crippen molar-refractivity contribution in [2.45, 2.75) is 13.0 Å². The molecule has 0 amide bonds. The van der Waals surface area contributed by atoms with Crippen LogP contribution >= 0.6 is 0 Å². The minimum absolute atomic E-state index is 0.317. The van der Waals surface area contributed by atoms with Gasteiger partial charge < -0.3 is 4.74 Å². The molecule has 0 aromatic heterocycles. The third-order valence-electron chi connectivity index (χ3n) is 0.918. The van der Waals surface area contributed by atoms with Crippen molar-refractivity contribution in [2.24, 2.45) is 0 Å². The number of hydrogen-bond donors (Lipinski definition) is 1. The summed E-state index contributed by atoms with van der Waals surface area (Å²) in [6.45, 7) is 6.89. The highest BCUT2D eigenvalue weighted by molar-refractivity contribution is 4.79. The molecule has 1 rings (SSSR count). The van der Waals surface area contributed by atoms with Crippen molar-refractivity contribution in [3.05, 3.63) is 12.3 Å². The summed E-state index contributed by atoms with van der Waals surface area (Å²) in [7, 11) is 0. The fourth-order valence-electron chi connectivity index (χ4n) is 0.422. The lowest BCUT2D eigenvalue weighted by atomic mass is 10.5. The second kappa shape index (κ2) is 2.85. The van der Waals surface area contributed by atoms with Gasteiger partial charge in [0.15, 0.2) is 0 Å². The van der Waals surface area contributed by atoms with E-state index in [0.29, 0.717) is 12.7 Å². The molecule has 1 fully saturated rings. The zero-order valence-electron chi connectivity index (χ0n) is 5.52. The zero-order chi connectivity index (χ0) is 6.69. The second-order valence-corrected chi connectivity index (χ2v) is 2.15. The van der Waals surface area contributed by atoms with E-state index in [1.807, 2.05) is 6.92 Å². The topological polar surface area (TPSA) is 33.8 Å². The predicted octanol–water partition coefficient (Wildman–Crippen LogP) is 0.440. The van der Waals surface area contributed by atoms with Crippen molar-refractivity contribution < 1.29 is 9.57 Å². The first-order chi connectivity index (χ1) is 4.29. The normalized spacial score (nSPS) is 23.4. The highest BCUT2D eigenvalue weighted by Gasteiger charge is 2.22. The lowest BCUT2D eigenvalue weighted by molar-refractivity contribution is 0.0513. The van der Waals surface area contributed by atoms with Gasteiger partial charge in [0.25, 0.3) is 0 Å². The van der Waals surface area contributed by atoms with E-state index in [9.17, 15) is 0 Å². The Labute approximate surface area is 54.6 Å². The van der Waals surface area contributed by atoms with Crippen LogP contribution in [-0.2, 0) is 9.57 Å². The average molecular weight is 129 g/mol. The highest BCUT2D eigenvalue weighted by Crippen LogP contribution is 2.07. The molecule has 1 saturated heterocycles. The number of nitrogens with one attached hydrogen (secondary N) is 1. The van der Waals surface area contributed by atoms with E-state index < -0.39 is 0 Å². The van der Waals surface area contributed by atoms with Crippen LogP contribution in [0.25, 0.3) is 0 Å². The van der Waals surface area contributed by atoms with E-state index in [2.05, 4.69) is 12.1 Å². The van der Waals surface area contributed by atoms with Crippen LogP contribution in [0.4, 0.5) is 0 Å². The molecule has 1 heterocycles. The zero-order valence-corrected chi connectivity index (χ0v) is 5.52. The summed E-state index contributed by atoms with van der Waals surface area (Å²) in [6, 6.07) is 0. The summed E-state index contributed by atoms with van der Waals surface area (Å²) in [6.07, 6.45) is 0.317. The van der Waals surface area contributed by atoms with Gasteiger partial charge in [-0.2, -0.15) is 0 Å². The Morgan fingerprint density at radius 3 is 3.11 bits per heavy atom. The summed E-state index contributed by atoms with van der Waals surface area (Å²) >= 11 is 0. The van der Waals surface area contributed by atoms with E-state index in [1.165, 1.54) is 0 Å². The number of ether oxygens (including phenoxy) is 1. The molecular formula is C6H11NO2. The Morgan fingerprint density at radius 1 is 2.00 bits per heavy atom. The molecule has 0 spiro atoms. The second-order valence-electron chi connectivity index (χ2n) is 2.15. The van der Waals surface area contributed by atoms with Crippen LogP contribution in [-0.4, -0.2) is 19.3 Å². The summed E-state index contributed by atoms with van der Waals surface area (Å²) < 4.78 is 4.90.